The molecule has 2 amide bonds. The summed E-state index contributed by atoms with van der Waals surface area (Å²) in [6.45, 7) is 6.87. The fourth-order valence-corrected chi connectivity index (χ4v) is 5.66. The van der Waals surface area contributed by atoms with Gasteiger partial charge in [-0.25, -0.2) is 0 Å². The molecule has 3 N–H and O–H groups in total. The molecule has 2 aliphatic heterocycles. The minimum absolute atomic E-state index is 0.154. The molecule has 0 saturated carbocycles. The molecule has 9 nitrogen and oxygen atoms in total. The zero-order valence-corrected chi connectivity index (χ0v) is 25.6. The lowest BCUT2D eigenvalue weighted by Gasteiger charge is -2.29. The Hall–Kier alpha value is -5.33. The van der Waals surface area contributed by atoms with Crippen molar-refractivity contribution in [2.45, 2.75) is 25.7 Å². The van der Waals surface area contributed by atoms with E-state index < -0.39 is 5.41 Å². The predicted molar refractivity (Wildman–Crippen MR) is 177 cm³/mol. The fraction of sp³-hybridized carbons (Fsp3) is 0.250. The standard InChI is InChI=1S/C36H35N5O4/c1-36(2,35(43)38-27-8-10-28(11-9-27)41-16-18-45-19-17-41)26-7-13-30-32(22-26)40-34(42)29-12-6-24(20-31(29)39-30)25-5-4-23(14-15-37)33(21-25)44-3/h4-13,20-22,39H,14,16-19H2,1-3H3,(H,38,43)(H,40,42). The maximum atomic E-state index is 13.5. The van der Waals surface area contributed by atoms with Crippen LogP contribution in [0, 0.1) is 11.3 Å². The molecule has 1 fully saturated rings. The SMILES string of the molecule is COc1cc(-c2ccc3c(c2)Nc2ccc(C(C)(C)C(=O)Nc4ccc(N5CCOCC5)cc4)cc2NC3=O)ccc1CC#N. The average Bonchev–Trinajstić information content (AvgIpc) is 3.20. The van der Waals surface area contributed by atoms with Crippen LogP contribution in [-0.4, -0.2) is 45.2 Å². The molecule has 0 aromatic heterocycles. The summed E-state index contributed by atoms with van der Waals surface area (Å²) in [5.41, 5.74) is 6.80. The van der Waals surface area contributed by atoms with E-state index in [0.29, 0.717) is 35.9 Å². The number of carbonyl (C=O) groups excluding carboxylic acids is 2. The van der Waals surface area contributed by atoms with Gasteiger partial charge in [0.25, 0.3) is 5.91 Å². The van der Waals surface area contributed by atoms with Gasteiger partial charge in [-0.1, -0.05) is 24.3 Å². The zero-order chi connectivity index (χ0) is 31.6. The first-order chi connectivity index (χ1) is 21.8. The van der Waals surface area contributed by atoms with Gasteiger partial charge in [0.15, 0.2) is 0 Å². The Morgan fingerprint density at radius 2 is 1.67 bits per heavy atom. The normalized spacial score (nSPS) is 14.2. The first-order valence-corrected chi connectivity index (χ1v) is 14.9. The highest BCUT2D eigenvalue weighted by molar-refractivity contribution is 6.12. The highest BCUT2D eigenvalue weighted by atomic mass is 16.5. The molecule has 4 aromatic carbocycles. The molecule has 228 valence electrons. The van der Waals surface area contributed by atoms with Crippen LogP contribution in [0.15, 0.2) is 78.9 Å². The quantitative estimate of drug-likeness (QED) is 0.222. The van der Waals surface area contributed by atoms with Crippen LogP contribution in [0.1, 0.15) is 35.3 Å². The fourth-order valence-electron chi connectivity index (χ4n) is 5.66. The number of fused-ring (bicyclic) bond motifs is 2. The van der Waals surface area contributed by atoms with Crippen molar-refractivity contribution in [3.05, 3.63) is 95.6 Å². The molecule has 0 bridgehead atoms. The topological polar surface area (TPSA) is 116 Å². The third-order valence-electron chi connectivity index (χ3n) is 8.48. The Morgan fingerprint density at radius 1 is 0.933 bits per heavy atom. The molecule has 9 heteroatoms. The number of nitrogens with one attached hydrogen (secondary N) is 3. The van der Waals surface area contributed by atoms with E-state index in [1.807, 2.05) is 86.6 Å². The highest BCUT2D eigenvalue weighted by Gasteiger charge is 2.31. The number of methoxy groups -OCH3 is 1. The Kier molecular flexibility index (Phi) is 8.16. The smallest absolute Gasteiger partial charge is 0.257 e. The van der Waals surface area contributed by atoms with Gasteiger partial charge in [-0.15, -0.1) is 0 Å². The molecular formula is C36H35N5O4. The minimum Gasteiger partial charge on any atom is -0.496 e. The molecule has 2 aliphatic rings. The molecule has 45 heavy (non-hydrogen) atoms. The lowest BCUT2D eigenvalue weighted by Crippen LogP contribution is -2.36. The molecular weight excluding hydrogens is 566 g/mol. The van der Waals surface area contributed by atoms with Crippen LogP contribution in [0.4, 0.5) is 28.4 Å². The number of morpholine rings is 1. The average molecular weight is 602 g/mol. The first-order valence-electron chi connectivity index (χ1n) is 14.9. The van der Waals surface area contributed by atoms with Crippen LogP contribution >= 0.6 is 0 Å². The lowest BCUT2D eigenvalue weighted by atomic mass is 9.83. The number of benzene rings is 4. The number of hydrogen-bond acceptors (Lipinski definition) is 7. The van der Waals surface area contributed by atoms with Gasteiger partial charge >= 0.3 is 0 Å². The van der Waals surface area contributed by atoms with E-state index >= 15 is 0 Å². The van der Waals surface area contributed by atoms with Crippen molar-refractivity contribution in [2.24, 2.45) is 0 Å². The number of rotatable bonds is 7. The van der Waals surface area contributed by atoms with Crippen LogP contribution in [0.5, 0.6) is 5.75 Å². The van der Waals surface area contributed by atoms with E-state index in [1.54, 1.807) is 13.2 Å². The monoisotopic (exact) mass is 601 g/mol. The summed E-state index contributed by atoms with van der Waals surface area (Å²) in [5, 5.41) is 18.6. The summed E-state index contributed by atoms with van der Waals surface area (Å²) in [4.78, 5) is 29.1. The van der Waals surface area contributed by atoms with Gasteiger partial charge in [-0.05, 0) is 85.1 Å². The Morgan fingerprint density at radius 3 is 2.40 bits per heavy atom. The van der Waals surface area contributed by atoms with Crippen LogP contribution in [0.2, 0.25) is 0 Å². The second kappa shape index (κ2) is 12.3. The van der Waals surface area contributed by atoms with Crippen LogP contribution in [0.25, 0.3) is 11.1 Å². The zero-order valence-electron chi connectivity index (χ0n) is 25.6. The Labute approximate surface area is 262 Å². The van der Waals surface area contributed by atoms with Crippen molar-refractivity contribution in [3.8, 4) is 22.9 Å². The van der Waals surface area contributed by atoms with E-state index in [4.69, 9.17) is 14.7 Å². The van der Waals surface area contributed by atoms with Crippen molar-refractivity contribution in [3.63, 3.8) is 0 Å². The van der Waals surface area contributed by atoms with Gasteiger partial charge in [0.1, 0.15) is 5.75 Å². The summed E-state index contributed by atoms with van der Waals surface area (Å²) < 4.78 is 10.9. The Bertz CT molecular complexity index is 1800. The van der Waals surface area contributed by atoms with Crippen molar-refractivity contribution in [1.29, 1.82) is 5.26 Å². The second-order valence-electron chi connectivity index (χ2n) is 11.7. The molecule has 0 spiro atoms. The number of nitrogens with zero attached hydrogens (tertiary/aromatic N) is 2. The molecule has 6 rings (SSSR count). The van der Waals surface area contributed by atoms with E-state index in [1.165, 1.54) is 0 Å². The molecule has 0 aliphatic carbocycles. The van der Waals surface area contributed by atoms with Gasteiger partial charge in [-0.2, -0.15) is 5.26 Å². The number of amides is 2. The number of ether oxygens (including phenoxy) is 2. The maximum Gasteiger partial charge on any atom is 0.257 e. The van der Waals surface area contributed by atoms with Gasteiger partial charge in [-0.3, -0.25) is 9.59 Å². The van der Waals surface area contributed by atoms with E-state index in [0.717, 1.165) is 52.4 Å². The molecule has 1 saturated heterocycles. The molecule has 2 heterocycles. The minimum atomic E-state index is -0.883. The van der Waals surface area contributed by atoms with Crippen molar-refractivity contribution >= 4 is 40.3 Å². The summed E-state index contributed by atoms with van der Waals surface area (Å²) in [5.74, 6) is 0.243. The third kappa shape index (κ3) is 6.06. The van der Waals surface area contributed by atoms with Crippen molar-refractivity contribution in [2.75, 3.05) is 54.3 Å². The predicted octanol–water partition coefficient (Wildman–Crippen LogP) is 6.49. The largest absolute Gasteiger partial charge is 0.496 e. The number of nitriles is 1. The highest BCUT2D eigenvalue weighted by Crippen LogP contribution is 2.38. The molecule has 4 aromatic rings. The van der Waals surface area contributed by atoms with Crippen LogP contribution in [-0.2, 0) is 21.4 Å². The summed E-state index contributed by atoms with van der Waals surface area (Å²) in [7, 11) is 1.59. The summed E-state index contributed by atoms with van der Waals surface area (Å²) in [6.07, 6.45) is 0.259. The van der Waals surface area contributed by atoms with E-state index in [2.05, 4.69) is 26.9 Å². The van der Waals surface area contributed by atoms with Gasteiger partial charge in [0.05, 0.1) is 60.9 Å². The maximum absolute atomic E-state index is 13.5. The number of carbonyl (C=O) groups is 2. The summed E-state index contributed by atoms with van der Waals surface area (Å²) in [6, 6.07) is 27.0. The van der Waals surface area contributed by atoms with Crippen LogP contribution < -0.4 is 25.6 Å². The van der Waals surface area contributed by atoms with Crippen LogP contribution in [0.3, 0.4) is 0 Å². The lowest BCUT2D eigenvalue weighted by molar-refractivity contribution is -0.120. The van der Waals surface area contributed by atoms with Gasteiger partial charge in [0, 0.05) is 30.0 Å². The van der Waals surface area contributed by atoms with Gasteiger partial charge in [0.2, 0.25) is 5.91 Å². The molecule has 0 radical (unpaired) electrons. The van der Waals surface area contributed by atoms with E-state index in [9.17, 15) is 9.59 Å². The third-order valence-corrected chi connectivity index (χ3v) is 8.48. The molecule has 0 atom stereocenters. The first kappa shape index (κ1) is 29.7. The van der Waals surface area contributed by atoms with Gasteiger partial charge < -0.3 is 30.3 Å². The Balaban J connectivity index is 1.21. The number of hydrogen-bond donors (Lipinski definition) is 3. The van der Waals surface area contributed by atoms with Crippen molar-refractivity contribution < 1.29 is 19.1 Å². The molecule has 0 unspecified atom stereocenters. The summed E-state index contributed by atoms with van der Waals surface area (Å²) >= 11 is 0. The second-order valence-corrected chi connectivity index (χ2v) is 11.7. The number of anilines is 5. The van der Waals surface area contributed by atoms with Crippen molar-refractivity contribution in [1.82, 2.24) is 0 Å². The van der Waals surface area contributed by atoms with E-state index in [-0.39, 0.29) is 18.2 Å².